The van der Waals surface area contributed by atoms with Crippen LogP contribution in [0.4, 0.5) is 5.82 Å². The van der Waals surface area contributed by atoms with Crippen molar-refractivity contribution in [3.8, 4) is 0 Å². The summed E-state index contributed by atoms with van der Waals surface area (Å²) in [6.07, 6.45) is 0. The fourth-order valence-corrected chi connectivity index (χ4v) is 1.70. The molecule has 2 aromatic rings. The molecule has 0 saturated carbocycles. The largest absolute Gasteiger partial charge is 0.347 e. The summed E-state index contributed by atoms with van der Waals surface area (Å²) >= 11 is 0. The lowest BCUT2D eigenvalue weighted by Crippen LogP contribution is -2.34. The second-order valence-corrected chi connectivity index (χ2v) is 3.83. The highest BCUT2D eigenvalue weighted by atomic mass is 16.2. The van der Waals surface area contributed by atoms with Crippen molar-refractivity contribution in [3.05, 3.63) is 56.7 Å². The molecule has 0 radical (unpaired) electrons. The van der Waals surface area contributed by atoms with Crippen molar-refractivity contribution in [3.63, 3.8) is 0 Å². The predicted octanol–water partition coefficient (Wildman–Crippen LogP) is 0.485. The van der Waals surface area contributed by atoms with Gasteiger partial charge in [-0.3, -0.25) is 9.78 Å². The highest BCUT2D eigenvalue weighted by molar-refractivity contribution is 5.35. The lowest BCUT2D eigenvalue weighted by Gasteiger charge is -2.20. The Morgan fingerprint density at radius 2 is 1.94 bits per heavy atom. The average Bonchev–Trinajstić information content (AvgIpc) is 2.38. The van der Waals surface area contributed by atoms with Crippen LogP contribution in [0.1, 0.15) is 12.5 Å². The molecule has 94 valence electrons. The first kappa shape index (κ1) is 12.1. The number of H-pyrrole nitrogens is 2. The summed E-state index contributed by atoms with van der Waals surface area (Å²) < 4.78 is 0. The van der Waals surface area contributed by atoms with E-state index in [2.05, 4.69) is 15.2 Å². The maximum Gasteiger partial charge on any atom is 0.342 e. The molecular formula is C12H14N4O2. The fourth-order valence-electron chi connectivity index (χ4n) is 1.70. The van der Waals surface area contributed by atoms with Gasteiger partial charge >= 0.3 is 5.69 Å². The summed E-state index contributed by atoms with van der Waals surface area (Å²) in [5.74, 6) is 0.223. The standard InChI is InChI=1S/C12H14N4O2/c1-2-16(8-9-6-4-3-5-7-9)10-11(17)13-12(18)15-14-10/h3-7H,2,8H2,1H3,(H2,13,15,17,18). The van der Waals surface area contributed by atoms with Crippen LogP contribution in [0, 0.1) is 0 Å². The maximum absolute atomic E-state index is 11.7. The molecule has 1 aromatic heterocycles. The lowest BCUT2D eigenvalue weighted by atomic mass is 10.2. The van der Waals surface area contributed by atoms with E-state index < -0.39 is 11.2 Å². The van der Waals surface area contributed by atoms with E-state index in [1.54, 1.807) is 4.90 Å². The summed E-state index contributed by atoms with van der Waals surface area (Å²) in [4.78, 5) is 26.5. The summed E-state index contributed by atoms with van der Waals surface area (Å²) in [7, 11) is 0. The van der Waals surface area contributed by atoms with Gasteiger partial charge in [0.25, 0.3) is 5.56 Å². The Hall–Kier alpha value is -2.37. The topological polar surface area (TPSA) is 81.8 Å². The number of hydrogen-bond donors (Lipinski definition) is 2. The van der Waals surface area contributed by atoms with Gasteiger partial charge in [-0.15, -0.1) is 5.10 Å². The molecule has 0 spiro atoms. The van der Waals surface area contributed by atoms with Crippen molar-refractivity contribution < 1.29 is 0 Å². The first-order chi connectivity index (χ1) is 8.70. The smallest absolute Gasteiger partial charge is 0.342 e. The number of aromatic nitrogens is 3. The van der Waals surface area contributed by atoms with Gasteiger partial charge < -0.3 is 4.90 Å². The molecule has 0 fully saturated rings. The van der Waals surface area contributed by atoms with Gasteiger partial charge in [0, 0.05) is 13.1 Å². The Morgan fingerprint density at radius 1 is 1.22 bits per heavy atom. The summed E-state index contributed by atoms with van der Waals surface area (Å²) in [5, 5.41) is 6.03. The second kappa shape index (κ2) is 5.31. The van der Waals surface area contributed by atoms with Crippen LogP contribution in [0.2, 0.25) is 0 Å². The van der Waals surface area contributed by atoms with Crippen LogP contribution in [0.25, 0.3) is 0 Å². The quantitative estimate of drug-likeness (QED) is 0.822. The minimum absolute atomic E-state index is 0.223. The van der Waals surface area contributed by atoms with Crippen molar-refractivity contribution in [2.75, 3.05) is 11.4 Å². The number of aromatic amines is 2. The SMILES string of the molecule is CCN(Cc1ccccc1)c1n[nH]c(=O)[nH]c1=O. The minimum atomic E-state index is -0.598. The Labute approximate surface area is 103 Å². The Kier molecular flexibility index (Phi) is 3.57. The van der Waals surface area contributed by atoms with Crippen molar-refractivity contribution >= 4 is 5.82 Å². The number of benzene rings is 1. The highest BCUT2D eigenvalue weighted by Crippen LogP contribution is 2.08. The van der Waals surface area contributed by atoms with Gasteiger partial charge in [0.05, 0.1) is 0 Å². The molecule has 0 amide bonds. The molecule has 1 heterocycles. The molecule has 0 aliphatic rings. The molecule has 0 aliphatic carbocycles. The molecule has 0 unspecified atom stereocenters. The average molecular weight is 246 g/mol. The highest BCUT2D eigenvalue weighted by Gasteiger charge is 2.11. The third-order valence-electron chi connectivity index (χ3n) is 2.59. The molecule has 1 aromatic carbocycles. The molecule has 0 aliphatic heterocycles. The van der Waals surface area contributed by atoms with Crippen LogP contribution in [0.3, 0.4) is 0 Å². The fraction of sp³-hybridized carbons (Fsp3) is 0.250. The molecule has 0 bridgehead atoms. The summed E-state index contributed by atoms with van der Waals surface area (Å²) in [6, 6.07) is 9.76. The van der Waals surface area contributed by atoms with Crippen molar-refractivity contribution in [2.45, 2.75) is 13.5 Å². The molecular weight excluding hydrogens is 232 g/mol. The molecule has 18 heavy (non-hydrogen) atoms. The van der Waals surface area contributed by atoms with E-state index in [4.69, 9.17) is 0 Å². The van der Waals surface area contributed by atoms with Crippen LogP contribution >= 0.6 is 0 Å². The Bertz CT molecular complexity index is 618. The monoisotopic (exact) mass is 246 g/mol. The molecule has 6 nitrogen and oxygen atoms in total. The van der Waals surface area contributed by atoms with Gasteiger partial charge in [-0.2, -0.15) is 0 Å². The number of nitrogens with one attached hydrogen (secondary N) is 2. The Morgan fingerprint density at radius 3 is 2.56 bits per heavy atom. The number of rotatable bonds is 4. The van der Waals surface area contributed by atoms with E-state index in [0.717, 1.165) is 5.56 Å². The van der Waals surface area contributed by atoms with Gasteiger partial charge in [0.1, 0.15) is 0 Å². The molecule has 2 N–H and O–H groups in total. The summed E-state index contributed by atoms with van der Waals surface area (Å²) in [6.45, 7) is 3.12. The van der Waals surface area contributed by atoms with Crippen molar-refractivity contribution in [1.82, 2.24) is 15.2 Å². The first-order valence-electron chi connectivity index (χ1n) is 5.68. The van der Waals surface area contributed by atoms with Gasteiger partial charge in [0.2, 0.25) is 5.82 Å². The third-order valence-corrected chi connectivity index (χ3v) is 2.59. The van der Waals surface area contributed by atoms with Gasteiger partial charge in [-0.1, -0.05) is 30.3 Å². The van der Waals surface area contributed by atoms with E-state index in [0.29, 0.717) is 13.1 Å². The third kappa shape index (κ3) is 2.65. The molecule has 2 rings (SSSR count). The van der Waals surface area contributed by atoms with Crippen LogP contribution < -0.4 is 16.1 Å². The van der Waals surface area contributed by atoms with E-state index in [1.807, 2.05) is 37.3 Å². The van der Waals surface area contributed by atoms with Crippen LogP contribution in [-0.4, -0.2) is 21.7 Å². The van der Waals surface area contributed by atoms with Crippen LogP contribution in [0.15, 0.2) is 39.9 Å². The normalized spacial score (nSPS) is 10.3. The minimum Gasteiger partial charge on any atom is -0.347 e. The zero-order valence-electron chi connectivity index (χ0n) is 10.0. The predicted molar refractivity (Wildman–Crippen MR) is 68.6 cm³/mol. The van der Waals surface area contributed by atoms with E-state index in [1.165, 1.54) is 0 Å². The zero-order valence-corrected chi connectivity index (χ0v) is 10.0. The van der Waals surface area contributed by atoms with E-state index >= 15 is 0 Å². The van der Waals surface area contributed by atoms with Gasteiger partial charge in [0.15, 0.2) is 0 Å². The van der Waals surface area contributed by atoms with E-state index in [-0.39, 0.29) is 5.82 Å². The lowest BCUT2D eigenvalue weighted by molar-refractivity contribution is 0.765. The Balaban J connectivity index is 2.29. The van der Waals surface area contributed by atoms with Gasteiger partial charge in [-0.25, -0.2) is 9.89 Å². The van der Waals surface area contributed by atoms with Crippen molar-refractivity contribution in [1.29, 1.82) is 0 Å². The maximum atomic E-state index is 11.7. The van der Waals surface area contributed by atoms with Crippen molar-refractivity contribution in [2.24, 2.45) is 0 Å². The number of nitrogens with zero attached hydrogens (tertiary/aromatic N) is 2. The molecule has 0 saturated heterocycles. The molecule has 0 atom stereocenters. The van der Waals surface area contributed by atoms with Crippen LogP contribution in [0.5, 0.6) is 0 Å². The first-order valence-corrected chi connectivity index (χ1v) is 5.68. The van der Waals surface area contributed by atoms with Crippen LogP contribution in [-0.2, 0) is 6.54 Å². The van der Waals surface area contributed by atoms with Gasteiger partial charge in [-0.05, 0) is 12.5 Å². The van der Waals surface area contributed by atoms with E-state index in [9.17, 15) is 9.59 Å². The summed E-state index contributed by atoms with van der Waals surface area (Å²) in [5.41, 5.74) is 0.00259. The number of anilines is 1. The number of hydrogen-bond acceptors (Lipinski definition) is 4. The zero-order chi connectivity index (χ0) is 13.0. The molecule has 6 heteroatoms. The second-order valence-electron chi connectivity index (χ2n) is 3.83.